The number of para-hydroxylation sites is 1. The average Bonchev–Trinajstić information content (AvgIpc) is 2.74. The van der Waals surface area contributed by atoms with Gasteiger partial charge in [0, 0.05) is 38.0 Å². The molecule has 1 saturated heterocycles. The van der Waals surface area contributed by atoms with Gasteiger partial charge in [0.05, 0.1) is 22.9 Å². The number of nitrogens with zero attached hydrogens (tertiary/aromatic N) is 3. The Morgan fingerprint density at radius 3 is 2.46 bits per heavy atom. The van der Waals surface area contributed by atoms with Crippen molar-refractivity contribution in [2.24, 2.45) is 0 Å². The van der Waals surface area contributed by atoms with E-state index in [2.05, 4.69) is 23.2 Å². The van der Waals surface area contributed by atoms with Gasteiger partial charge in [0.2, 0.25) is 0 Å². The number of piperidine rings is 1. The average molecular weight is 374 g/mol. The zero-order valence-electron chi connectivity index (χ0n) is 15.8. The Labute approximate surface area is 164 Å². The third kappa shape index (κ3) is 2.89. The maximum atomic E-state index is 12.8. The van der Waals surface area contributed by atoms with Gasteiger partial charge < -0.3 is 15.1 Å². The molecule has 1 N–H and O–H groups in total. The molecule has 2 heterocycles. The number of benzene rings is 2. The smallest absolute Gasteiger partial charge is 0.255 e. The van der Waals surface area contributed by atoms with E-state index in [4.69, 9.17) is 5.26 Å². The first kappa shape index (κ1) is 18.1. The molecule has 6 heteroatoms. The Morgan fingerprint density at radius 1 is 1.14 bits per heavy atom. The summed E-state index contributed by atoms with van der Waals surface area (Å²) < 4.78 is 0. The highest BCUT2D eigenvalue weighted by atomic mass is 16.2. The first-order valence-electron chi connectivity index (χ1n) is 9.56. The summed E-state index contributed by atoms with van der Waals surface area (Å²) in [5.41, 5.74) is 2.32. The molecule has 2 aliphatic heterocycles. The first-order chi connectivity index (χ1) is 13.6. The standard InChI is InChI=1S/C22H22N4O2/c1-2-26-19-6-4-3-5-18(19)20(27)24-22(26)11-13-25(14-12-22)21(28)17-9-7-16(15-23)8-10-17/h3-10H,2,11-14H2,1H3,(H,24,27). The third-order valence-electron chi connectivity index (χ3n) is 5.76. The molecule has 2 aromatic rings. The Hall–Kier alpha value is -3.33. The minimum absolute atomic E-state index is 0.0371. The molecule has 1 fully saturated rings. The van der Waals surface area contributed by atoms with Crippen LogP contribution < -0.4 is 10.2 Å². The number of anilines is 1. The highest BCUT2D eigenvalue weighted by Crippen LogP contribution is 2.37. The van der Waals surface area contributed by atoms with Gasteiger partial charge in [0.1, 0.15) is 5.66 Å². The van der Waals surface area contributed by atoms with Gasteiger partial charge in [-0.15, -0.1) is 0 Å². The van der Waals surface area contributed by atoms with Crippen molar-refractivity contribution in [3.8, 4) is 6.07 Å². The number of fused-ring (bicyclic) bond motifs is 1. The number of rotatable bonds is 2. The summed E-state index contributed by atoms with van der Waals surface area (Å²) in [7, 11) is 0. The molecule has 0 bridgehead atoms. The molecule has 0 radical (unpaired) electrons. The quantitative estimate of drug-likeness (QED) is 0.877. The van der Waals surface area contributed by atoms with Crippen LogP contribution in [0.5, 0.6) is 0 Å². The summed E-state index contributed by atoms with van der Waals surface area (Å²) >= 11 is 0. The normalized spacial score (nSPS) is 17.6. The maximum Gasteiger partial charge on any atom is 0.255 e. The number of nitrogens with one attached hydrogen (secondary N) is 1. The zero-order valence-corrected chi connectivity index (χ0v) is 15.8. The zero-order chi connectivity index (χ0) is 19.7. The predicted octanol–water partition coefficient (Wildman–Crippen LogP) is 2.76. The number of likely N-dealkylation sites (tertiary alicyclic amines) is 1. The Morgan fingerprint density at radius 2 is 1.82 bits per heavy atom. The summed E-state index contributed by atoms with van der Waals surface area (Å²) in [5.74, 6) is -0.0860. The van der Waals surface area contributed by atoms with Crippen molar-refractivity contribution in [2.75, 3.05) is 24.5 Å². The van der Waals surface area contributed by atoms with E-state index in [0.29, 0.717) is 42.6 Å². The van der Waals surface area contributed by atoms with Gasteiger partial charge in [-0.3, -0.25) is 9.59 Å². The largest absolute Gasteiger partial charge is 0.348 e. The molecule has 4 rings (SSSR count). The number of amides is 2. The van der Waals surface area contributed by atoms with Crippen molar-refractivity contribution in [2.45, 2.75) is 25.4 Å². The van der Waals surface area contributed by atoms with Gasteiger partial charge >= 0.3 is 0 Å². The van der Waals surface area contributed by atoms with Crippen LogP contribution in [-0.2, 0) is 0 Å². The van der Waals surface area contributed by atoms with Crippen LogP contribution in [0, 0.1) is 11.3 Å². The SMILES string of the molecule is CCN1c2ccccc2C(=O)NC12CCN(C(=O)c1ccc(C#N)cc1)CC2. The predicted molar refractivity (Wildman–Crippen MR) is 106 cm³/mol. The fraction of sp³-hybridized carbons (Fsp3) is 0.318. The van der Waals surface area contributed by atoms with Crippen LogP contribution in [0.15, 0.2) is 48.5 Å². The Bertz CT molecular complexity index is 953. The molecular weight excluding hydrogens is 352 g/mol. The highest BCUT2D eigenvalue weighted by molar-refractivity contribution is 6.02. The van der Waals surface area contributed by atoms with Crippen molar-refractivity contribution >= 4 is 17.5 Å². The van der Waals surface area contributed by atoms with Crippen LogP contribution in [0.4, 0.5) is 5.69 Å². The molecule has 28 heavy (non-hydrogen) atoms. The lowest BCUT2D eigenvalue weighted by atomic mass is 9.89. The highest BCUT2D eigenvalue weighted by Gasteiger charge is 2.45. The van der Waals surface area contributed by atoms with Crippen LogP contribution >= 0.6 is 0 Å². The van der Waals surface area contributed by atoms with Gasteiger partial charge in [-0.25, -0.2) is 0 Å². The second-order valence-electron chi connectivity index (χ2n) is 7.23. The lowest BCUT2D eigenvalue weighted by Gasteiger charge is -2.52. The van der Waals surface area contributed by atoms with E-state index in [9.17, 15) is 9.59 Å². The summed E-state index contributed by atoms with van der Waals surface area (Å²) in [6.07, 6.45) is 1.34. The van der Waals surface area contributed by atoms with Crippen molar-refractivity contribution in [1.29, 1.82) is 5.26 Å². The van der Waals surface area contributed by atoms with Crippen LogP contribution in [0.3, 0.4) is 0 Å². The first-order valence-corrected chi connectivity index (χ1v) is 9.56. The van der Waals surface area contributed by atoms with E-state index < -0.39 is 5.66 Å². The fourth-order valence-corrected chi connectivity index (χ4v) is 4.30. The molecule has 0 aliphatic carbocycles. The number of carbonyl (C=O) groups is 2. The molecule has 0 saturated carbocycles. The van der Waals surface area contributed by atoms with Gasteiger partial charge in [-0.2, -0.15) is 5.26 Å². The second-order valence-corrected chi connectivity index (χ2v) is 7.23. The Balaban J connectivity index is 1.53. The molecule has 2 aromatic carbocycles. The summed E-state index contributed by atoms with van der Waals surface area (Å²) in [6, 6.07) is 16.5. The van der Waals surface area contributed by atoms with Crippen LogP contribution in [0.1, 0.15) is 46.0 Å². The van der Waals surface area contributed by atoms with E-state index >= 15 is 0 Å². The minimum Gasteiger partial charge on any atom is -0.348 e. The molecular formula is C22H22N4O2. The molecule has 0 unspecified atom stereocenters. The van der Waals surface area contributed by atoms with Gasteiger partial charge in [-0.05, 0) is 43.3 Å². The molecule has 2 aliphatic rings. The van der Waals surface area contributed by atoms with E-state index in [1.807, 2.05) is 29.2 Å². The summed E-state index contributed by atoms with van der Waals surface area (Å²) in [5, 5.41) is 12.1. The van der Waals surface area contributed by atoms with Crippen LogP contribution in [0.2, 0.25) is 0 Å². The molecule has 2 amide bonds. The van der Waals surface area contributed by atoms with Crippen LogP contribution in [-0.4, -0.2) is 42.0 Å². The van der Waals surface area contributed by atoms with E-state index in [0.717, 1.165) is 12.2 Å². The van der Waals surface area contributed by atoms with Gasteiger partial charge in [0.25, 0.3) is 11.8 Å². The van der Waals surface area contributed by atoms with Crippen molar-refractivity contribution in [1.82, 2.24) is 10.2 Å². The molecule has 6 nitrogen and oxygen atoms in total. The van der Waals surface area contributed by atoms with Crippen molar-refractivity contribution < 1.29 is 9.59 Å². The minimum atomic E-state index is -0.457. The number of carbonyl (C=O) groups excluding carboxylic acids is 2. The molecule has 1 spiro atoms. The molecule has 0 atom stereocenters. The maximum absolute atomic E-state index is 12.8. The number of hydrogen-bond acceptors (Lipinski definition) is 4. The van der Waals surface area contributed by atoms with Crippen molar-refractivity contribution in [3.63, 3.8) is 0 Å². The number of hydrogen-bond donors (Lipinski definition) is 1. The lowest BCUT2D eigenvalue weighted by Crippen LogP contribution is -2.68. The molecule has 142 valence electrons. The fourth-order valence-electron chi connectivity index (χ4n) is 4.30. The lowest BCUT2D eigenvalue weighted by molar-refractivity contribution is 0.0603. The van der Waals surface area contributed by atoms with Crippen molar-refractivity contribution in [3.05, 3.63) is 65.2 Å². The van der Waals surface area contributed by atoms with E-state index in [1.54, 1.807) is 24.3 Å². The van der Waals surface area contributed by atoms with E-state index in [1.165, 1.54) is 0 Å². The Kier molecular flexibility index (Phi) is 4.52. The van der Waals surface area contributed by atoms with Gasteiger partial charge in [0.15, 0.2) is 0 Å². The molecule has 0 aromatic heterocycles. The van der Waals surface area contributed by atoms with Gasteiger partial charge in [-0.1, -0.05) is 12.1 Å². The third-order valence-corrected chi connectivity index (χ3v) is 5.76. The monoisotopic (exact) mass is 374 g/mol. The topological polar surface area (TPSA) is 76.4 Å². The second kappa shape index (κ2) is 7.01. The van der Waals surface area contributed by atoms with E-state index in [-0.39, 0.29) is 11.8 Å². The van der Waals surface area contributed by atoms with Crippen LogP contribution in [0.25, 0.3) is 0 Å². The summed E-state index contributed by atoms with van der Waals surface area (Å²) in [6.45, 7) is 4.00. The number of nitriles is 1. The summed E-state index contributed by atoms with van der Waals surface area (Å²) in [4.78, 5) is 29.6.